The Bertz CT molecular complexity index is 605. The number of para-hydroxylation sites is 1. The van der Waals surface area contributed by atoms with E-state index in [0.29, 0.717) is 11.5 Å². The Morgan fingerprint density at radius 1 is 1.20 bits per heavy atom. The minimum Gasteiger partial charge on any atom is -0.369 e. The number of nitrogens with zero attached hydrogens (tertiary/aromatic N) is 2. The molecule has 0 saturated carbocycles. The highest BCUT2D eigenvalue weighted by Gasteiger charge is 2.11. The molecule has 1 heterocycles. The molecule has 0 unspecified atom stereocenters. The van der Waals surface area contributed by atoms with Crippen LogP contribution in [0.2, 0.25) is 0 Å². The summed E-state index contributed by atoms with van der Waals surface area (Å²) in [6, 6.07) is 5.89. The third-order valence-corrected chi connectivity index (χ3v) is 2.94. The largest absolute Gasteiger partial charge is 0.369 e. The SMILES string of the molecule is CCNc1cncc(C(=O)Nc2c(C)cccc2C)n1. The number of hydrogen-bond acceptors (Lipinski definition) is 4. The van der Waals surface area contributed by atoms with E-state index >= 15 is 0 Å². The number of rotatable bonds is 4. The summed E-state index contributed by atoms with van der Waals surface area (Å²) in [5.41, 5.74) is 3.17. The Balaban J connectivity index is 2.22. The van der Waals surface area contributed by atoms with Crippen LogP contribution in [0.25, 0.3) is 0 Å². The molecule has 2 N–H and O–H groups in total. The minimum absolute atomic E-state index is 0.255. The summed E-state index contributed by atoms with van der Waals surface area (Å²) < 4.78 is 0. The van der Waals surface area contributed by atoms with Gasteiger partial charge in [0.2, 0.25) is 0 Å². The Kier molecular flexibility index (Phi) is 4.30. The van der Waals surface area contributed by atoms with Crippen LogP contribution in [0, 0.1) is 13.8 Å². The van der Waals surface area contributed by atoms with E-state index in [0.717, 1.165) is 23.4 Å². The van der Waals surface area contributed by atoms with Crippen molar-refractivity contribution >= 4 is 17.4 Å². The fourth-order valence-electron chi connectivity index (χ4n) is 1.93. The third kappa shape index (κ3) is 3.12. The van der Waals surface area contributed by atoms with E-state index in [4.69, 9.17) is 0 Å². The number of nitrogens with one attached hydrogen (secondary N) is 2. The zero-order valence-corrected chi connectivity index (χ0v) is 11.9. The van der Waals surface area contributed by atoms with Crippen molar-refractivity contribution < 1.29 is 4.79 Å². The second-order valence-electron chi connectivity index (χ2n) is 4.54. The van der Waals surface area contributed by atoms with Crippen LogP contribution in [0.5, 0.6) is 0 Å². The number of aromatic nitrogens is 2. The molecule has 0 aliphatic rings. The molecule has 0 aliphatic carbocycles. The zero-order chi connectivity index (χ0) is 14.5. The molecule has 0 spiro atoms. The van der Waals surface area contributed by atoms with Gasteiger partial charge in [0.25, 0.3) is 5.91 Å². The number of carbonyl (C=O) groups excluding carboxylic acids is 1. The van der Waals surface area contributed by atoms with Crippen LogP contribution in [0.15, 0.2) is 30.6 Å². The summed E-state index contributed by atoms with van der Waals surface area (Å²) in [6.07, 6.45) is 3.06. The van der Waals surface area contributed by atoms with Crippen molar-refractivity contribution in [1.82, 2.24) is 9.97 Å². The lowest BCUT2D eigenvalue weighted by Gasteiger charge is -2.11. The summed E-state index contributed by atoms with van der Waals surface area (Å²) in [4.78, 5) is 20.5. The van der Waals surface area contributed by atoms with Gasteiger partial charge in [-0.05, 0) is 31.9 Å². The van der Waals surface area contributed by atoms with Gasteiger partial charge in [0.05, 0.1) is 12.4 Å². The fourth-order valence-corrected chi connectivity index (χ4v) is 1.93. The Hall–Kier alpha value is -2.43. The molecule has 1 amide bonds. The third-order valence-electron chi connectivity index (χ3n) is 2.94. The highest BCUT2D eigenvalue weighted by atomic mass is 16.1. The standard InChI is InChI=1S/C15H18N4O/c1-4-17-13-9-16-8-12(18-13)15(20)19-14-10(2)6-5-7-11(14)3/h5-9H,4H2,1-3H3,(H,17,18)(H,19,20). The first kappa shape index (κ1) is 14.0. The highest BCUT2D eigenvalue weighted by Crippen LogP contribution is 2.20. The van der Waals surface area contributed by atoms with Gasteiger partial charge < -0.3 is 10.6 Å². The monoisotopic (exact) mass is 270 g/mol. The van der Waals surface area contributed by atoms with Gasteiger partial charge in [0, 0.05) is 12.2 Å². The Morgan fingerprint density at radius 2 is 1.90 bits per heavy atom. The van der Waals surface area contributed by atoms with E-state index in [9.17, 15) is 4.79 Å². The van der Waals surface area contributed by atoms with Crippen molar-refractivity contribution in [3.63, 3.8) is 0 Å². The average Bonchev–Trinajstić information content (AvgIpc) is 2.43. The summed E-state index contributed by atoms with van der Waals surface area (Å²) >= 11 is 0. The normalized spacial score (nSPS) is 10.2. The number of carbonyl (C=O) groups is 1. The van der Waals surface area contributed by atoms with Crippen molar-refractivity contribution in [2.75, 3.05) is 17.2 Å². The second-order valence-corrected chi connectivity index (χ2v) is 4.54. The molecule has 104 valence electrons. The topological polar surface area (TPSA) is 66.9 Å². The summed E-state index contributed by atoms with van der Waals surface area (Å²) in [7, 11) is 0. The van der Waals surface area contributed by atoms with Crippen molar-refractivity contribution in [2.24, 2.45) is 0 Å². The van der Waals surface area contributed by atoms with Crippen molar-refractivity contribution in [3.8, 4) is 0 Å². The first-order valence-electron chi connectivity index (χ1n) is 6.55. The van der Waals surface area contributed by atoms with E-state index < -0.39 is 0 Å². The van der Waals surface area contributed by atoms with Crippen LogP contribution in [0.1, 0.15) is 28.5 Å². The van der Waals surface area contributed by atoms with Crippen LogP contribution in [0.3, 0.4) is 0 Å². The lowest BCUT2D eigenvalue weighted by molar-refractivity contribution is 0.102. The smallest absolute Gasteiger partial charge is 0.275 e. The van der Waals surface area contributed by atoms with E-state index in [-0.39, 0.29) is 5.91 Å². The molecule has 0 atom stereocenters. The maximum Gasteiger partial charge on any atom is 0.275 e. The van der Waals surface area contributed by atoms with Gasteiger partial charge in [-0.1, -0.05) is 18.2 Å². The van der Waals surface area contributed by atoms with Crippen LogP contribution in [-0.4, -0.2) is 22.4 Å². The van der Waals surface area contributed by atoms with Gasteiger partial charge in [-0.15, -0.1) is 0 Å². The predicted octanol–water partition coefficient (Wildman–Crippen LogP) is 2.78. The summed E-state index contributed by atoms with van der Waals surface area (Å²) in [6.45, 7) is 6.62. The molecule has 0 radical (unpaired) electrons. The molecule has 0 aliphatic heterocycles. The average molecular weight is 270 g/mol. The maximum absolute atomic E-state index is 12.2. The van der Waals surface area contributed by atoms with E-state index in [2.05, 4.69) is 20.6 Å². The molecule has 0 saturated heterocycles. The first-order chi connectivity index (χ1) is 9.61. The zero-order valence-electron chi connectivity index (χ0n) is 11.9. The Labute approximate surface area is 118 Å². The quantitative estimate of drug-likeness (QED) is 0.896. The molecule has 5 nitrogen and oxygen atoms in total. The number of anilines is 2. The number of aryl methyl sites for hydroxylation is 2. The van der Waals surface area contributed by atoms with Crippen molar-refractivity contribution in [3.05, 3.63) is 47.4 Å². The predicted molar refractivity (Wildman–Crippen MR) is 80.1 cm³/mol. The number of hydrogen-bond donors (Lipinski definition) is 2. The molecule has 20 heavy (non-hydrogen) atoms. The van der Waals surface area contributed by atoms with Gasteiger partial charge in [-0.3, -0.25) is 9.78 Å². The van der Waals surface area contributed by atoms with Gasteiger partial charge >= 0.3 is 0 Å². The van der Waals surface area contributed by atoms with Crippen LogP contribution >= 0.6 is 0 Å². The molecule has 0 bridgehead atoms. The molecule has 5 heteroatoms. The summed E-state index contributed by atoms with van der Waals surface area (Å²) in [5, 5.41) is 5.93. The van der Waals surface area contributed by atoms with E-state index in [1.165, 1.54) is 6.20 Å². The molecule has 2 aromatic rings. The molecule has 1 aromatic carbocycles. The molecule has 0 fully saturated rings. The highest BCUT2D eigenvalue weighted by molar-refractivity contribution is 6.03. The molecule has 2 rings (SSSR count). The fraction of sp³-hybridized carbons (Fsp3) is 0.267. The molecule has 1 aromatic heterocycles. The van der Waals surface area contributed by atoms with Gasteiger partial charge in [0.1, 0.15) is 11.5 Å². The number of benzene rings is 1. The van der Waals surface area contributed by atoms with Crippen molar-refractivity contribution in [2.45, 2.75) is 20.8 Å². The lowest BCUT2D eigenvalue weighted by Crippen LogP contribution is -2.16. The van der Waals surface area contributed by atoms with Crippen LogP contribution in [0.4, 0.5) is 11.5 Å². The molecular formula is C15H18N4O. The molecular weight excluding hydrogens is 252 g/mol. The van der Waals surface area contributed by atoms with Gasteiger partial charge in [0.15, 0.2) is 0 Å². The van der Waals surface area contributed by atoms with Crippen LogP contribution < -0.4 is 10.6 Å². The van der Waals surface area contributed by atoms with Crippen LogP contribution in [-0.2, 0) is 0 Å². The van der Waals surface area contributed by atoms with E-state index in [1.54, 1.807) is 6.20 Å². The lowest BCUT2D eigenvalue weighted by atomic mass is 10.1. The maximum atomic E-state index is 12.2. The second kappa shape index (κ2) is 6.14. The minimum atomic E-state index is -0.255. The van der Waals surface area contributed by atoms with E-state index in [1.807, 2.05) is 39.0 Å². The Morgan fingerprint density at radius 3 is 2.55 bits per heavy atom. The first-order valence-corrected chi connectivity index (χ1v) is 6.55. The van der Waals surface area contributed by atoms with Gasteiger partial charge in [-0.25, -0.2) is 4.98 Å². The van der Waals surface area contributed by atoms with Crippen molar-refractivity contribution in [1.29, 1.82) is 0 Å². The van der Waals surface area contributed by atoms with Gasteiger partial charge in [-0.2, -0.15) is 0 Å². The summed E-state index contributed by atoms with van der Waals surface area (Å²) in [5.74, 6) is 0.344. The number of amides is 1.